The smallest absolute Gasteiger partial charge is 0.133 e. The fourth-order valence-corrected chi connectivity index (χ4v) is 0.498. The van der Waals surface area contributed by atoms with Gasteiger partial charge < -0.3 is 0 Å². The molecule has 0 aliphatic heterocycles. The van der Waals surface area contributed by atoms with Gasteiger partial charge in [0.15, 0.2) is 0 Å². The van der Waals surface area contributed by atoms with Crippen molar-refractivity contribution in [1.82, 2.24) is 10.2 Å². The summed E-state index contributed by atoms with van der Waals surface area (Å²) in [5.74, 6) is 0. The summed E-state index contributed by atoms with van der Waals surface area (Å²) in [7, 11) is 0. The van der Waals surface area contributed by atoms with Gasteiger partial charge in [-0.15, -0.1) is 0 Å². The molecule has 1 aromatic heterocycles. The summed E-state index contributed by atoms with van der Waals surface area (Å²) < 4.78 is 11.8. The molecule has 0 bridgehead atoms. The largest absolute Gasteiger partial charge is 0.244 e. The minimum Gasteiger partial charge on any atom is -0.244 e. The number of alkyl halides is 1. The Hall–Kier alpha value is -0.990. The lowest BCUT2D eigenvalue weighted by Crippen LogP contribution is -1.90. The summed E-state index contributed by atoms with van der Waals surface area (Å²) in [5.41, 5.74) is 1.20. The van der Waals surface area contributed by atoms with Crippen LogP contribution in [0.25, 0.3) is 0 Å². The average molecular weight is 126 g/mol. The summed E-state index contributed by atoms with van der Waals surface area (Å²) in [4.78, 5) is 0. The molecule has 0 N–H and O–H groups in total. The fourth-order valence-electron chi connectivity index (χ4n) is 0.498. The van der Waals surface area contributed by atoms with Crippen molar-refractivity contribution in [1.29, 1.82) is 0 Å². The van der Waals surface area contributed by atoms with Crippen molar-refractivity contribution in [3.05, 3.63) is 23.5 Å². The first-order valence-corrected chi connectivity index (χ1v) is 2.68. The van der Waals surface area contributed by atoms with Crippen LogP contribution in [-0.2, 0) is 6.67 Å². The molecule has 0 fully saturated rings. The van der Waals surface area contributed by atoms with Crippen molar-refractivity contribution < 1.29 is 4.39 Å². The SMILES string of the molecule is Cc1ccc(CF)nn1. The van der Waals surface area contributed by atoms with Crippen LogP contribution in [0.3, 0.4) is 0 Å². The number of hydrogen-bond acceptors (Lipinski definition) is 2. The first kappa shape index (κ1) is 6.13. The standard InChI is InChI=1S/C6H7FN2/c1-5-2-3-6(4-7)9-8-5/h2-3H,4H2,1H3. The van der Waals surface area contributed by atoms with Crippen LogP contribution in [0, 0.1) is 6.92 Å². The maximum absolute atomic E-state index is 11.8. The van der Waals surface area contributed by atoms with Crippen LogP contribution < -0.4 is 0 Å². The van der Waals surface area contributed by atoms with Crippen molar-refractivity contribution in [2.24, 2.45) is 0 Å². The van der Waals surface area contributed by atoms with E-state index in [0.717, 1.165) is 5.69 Å². The molecule has 9 heavy (non-hydrogen) atoms. The predicted octanol–water partition coefficient (Wildman–Crippen LogP) is 1.25. The highest BCUT2D eigenvalue weighted by Gasteiger charge is 1.90. The molecule has 0 amide bonds. The predicted molar refractivity (Wildman–Crippen MR) is 31.6 cm³/mol. The van der Waals surface area contributed by atoms with Gasteiger partial charge >= 0.3 is 0 Å². The third-order valence-electron chi connectivity index (χ3n) is 0.990. The van der Waals surface area contributed by atoms with Gasteiger partial charge in [-0.05, 0) is 19.1 Å². The molecule has 0 aliphatic carbocycles. The van der Waals surface area contributed by atoms with Gasteiger partial charge in [0.1, 0.15) is 6.67 Å². The Labute approximate surface area is 52.7 Å². The van der Waals surface area contributed by atoms with Gasteiger partial charge in [0, 0.05) is 0 Å². The van der Waals surface area contributed by atoms with Gasteiger partial charge in [-0.1, -0.05) is 0 Å². The van der Waals surface area contributed by atoms with E-state index in [0.29, 0.717) is 5.69 Å². The number of rotatable bonds is 1. The molecule has 0 saturated carbocycles. The van der Waals surface area contributed by atoms with Crippen LogP contribution in [0.1, 0.15) is 11.4 Å². The normalized spacial score (nSPS) is 9.56. The molecule has 1 rings (SSSR count). The molecule has 0 spiro atoms. The lowest BCUT2D eigenvalue weighted by atomic mass is 10.4. The van der Waals surface area contributed by atoms with Crippen molar-refractivity contribution in [2.45, 2.75) is 13.6 Å². The molecule has 0 unspecified atom stereocenters. The highest BCUT2D eigenvalue weighted by Crippen LogP contribution is 1.95. The van der Waals surface area contributed by atoms with E-state index in [1.165, 1.54) is 0 Å². The van der Waals surface area contributed by atoms with Gasteiger partial charge in [-0.2, -0.15) is 10.2 Å². The number of halogens is 1. The zero-order valence-electron chi connectivity index (χ0n) is 5.13. The van der Waals surface area contributed by atoms with Crippen molar-refractivity contribution in [3.8, 4) is 0 Å². The van der Waals surface area contributed by atoms with Gasteiger partial charge in [0.25, 0.3) is 0 Å². The second kappa shape index (κ2) is 2.53. The van der Waals surface area contributed by atoms with E-state index in [4.69, 9.17) is 0 Å². The minimum absolute atomic E-state index is 0.389. The molecule has 3 heteroatoms. The van der Waals surface area contributed by atoms with E-state index in [1.807, 2.05) is 6.92 Å². The summed E-state index contributed by atoms with van der Waals surface area (Å²) >= 11 is 0. The Bertz CT molecular complexity index is 183. The Kier molecular flexibility index (Phi) is 1.72. The Balaban J connectivity index is 2.88. The van der Waals surface area contributed by atoms with Crippen LogP contribution in [-0.4, -0.2) is 10.2 Å². The van der Waals surface area contributed by atoms with Crippen molar-refractivity contribution in [2.75, 3.05) is 0 Å². The zero-order chi connectivity index (χ0) is 6.69. The number of hydrogen-bond donors (Lipinski definition) is 0. The second-order valence-corrected chi connectivity index (χ2v) is 1.80. The average Bonchev–Trinajstić information content (AvgIpc) is 1.90. The second-order valence-electron chi connectivity index (χ2n) is 1.80. The lowest BCUT2D eigenvalue weighted by Gasteiger charge is -1.90. The van der Waals surface area contributed by atoms with E-state index in [-0.39, 0.29) is 0 Å². The van der Waals surface area contributed by atoms with Crippen molar-refractivity contribution in [3.63, 3.8) is 0 Å². The van der Waals surface area contributed by atoms with Crippen LogP contribution in [0.2, 0.25) is 0 Å². The monoisotopic (exact) mass is 126 g/mol. The Morgan fingerprint density at radius 2 is 2.22 bits per heavy atom. The first-order valence-electron chi connectivity index (χ1n) is 2.68. The quantitative estimate of drug-likeness (QED) is 0.566. The molecule has 0 radical (unpaired) electrons. The van der Waals surface area contributed by atoms with E-state index >= 15 is 0 Å². The molecule has 0 aromatic carbocycles. The van der Waals surface area contributed by atoms with Crippen LogP contribution >= 0.6 is 0 Å². The molecule has 0 aliphatic rings. The maximum atomic E-state index is 11.8. The summed E-state index contributed by atoms with van der Waals surface area (Å²) in [6.45, 7) is 1.28. The number of aryl methyl sites for hydroxylation is 1. The van der Waals surface area contributed by atoms with E-state index in [2.05, 4.69) is 10.2 Å². The molecule has 1 aromatic rings. The fraction of sp³-hybridized carbons (Fsp3) is 0.333. The maximum Gasteiger partial charge on any atom is 0.133 e. The summed E-state index contributed by atoms with van der Waals surface area (Å²) in [5, 5.41) is 7.23. The molecule has 0 atom stereocenters. The summed E-state index contributed by atoms with van der Waals surface area (Å²) in [6, 6.07) is 3.37. The van der Waals surface area contributed by atoms with Crippen LogP contribution in [0.5, 0.6) is 0 Å². The topological polar surface area (TPSA) is 25.8 Å². The highest BCUT2D eigenvalue weighted by atomic mass is 19.1. The van der Waals surface area contributed by atoms with Crippen molar-refractivity contribution >= 4 is 0 Å². The van der Waals surface area contributed by atoms with Gasteiger partial charge in [0.2, 0.25) is 0 Å². The molecular weight excluding hydrogens is 119 g/mol. The lowest BCUT2D eigenvalue weighted by molar-refractivity contribution is 0.471. The summed E-state index contributed by atoms with van der Waals surface area (Å²) in [6.07, 6.45) is 0. The first-order chi connectivity index (χ1) is 4.33. The molecule has 2 nitrogen and oxygen atoms in total. The van der Waals surface area contributed by atoms with Gasteiger partial charge in [-0.25, -0.2) is 4.39 Å². The molecule has 0 saturated heterocycles. The van der Waals surface area contributed by atoms with E-state index < -0.39 is 6.67 Å². The molecule has 48 valence electrons. The Morgan fingerprint density at radius 1 is 1.44 bits per heavy atom. The molecular formula is C6H7FN2. The number of nitrogens with zero attached hydrogens (tertiary/aromatic N) is 2. The third kappa shape index (κ3) is 1.45. The number of aromatic nitrogens is 2. The minimum atomic E-state index is -0.534. The van der Waals surface area contributed by atoms with E-state index in [1.54, 1.807) is 12.1 Å². The van der Waals surface area contributed by atoms with E-state index in [9.17, 15) is 4.39 Å². The van der Waals surface area contributed by atoms with Crippen LogP contribution in [0.4, 0.5) is 4.39 Å². The Morgan fingerprint density at radius 3 is 2.67 bits per heavy atom. The van der Waals surface area contributed by atoms with Gasteiger partial charge in [0.05, 0.1) is 11.4 Å². The third-order valence-corrected chi connectivity index (χ3v) is 0.990. The zero-order valence-corrected chi connectivity index (χ0v) is 5.13. The van der Waals surface area contributed by atoms with Crippen LogP contribution in [0.15, 0.2) is 12.1 Å². The highest BCUT2D eigenvalue weighted by molar-refractivity contribution is 5.03. The van der Waals surface area contributed by atoms with Gasteiger partial charge in [-0.3, -0.25) is 0 Å². The molecule has 1 heterocycles.